The molecule has 1 aromatic carbocycles. The van der Waals surface area contributed by atoms with Gasteiger partial charge < -0.3 is 10.4 Å². The molecule has 0 spiro atoms. The topological polar surface area (TPSA) is 49.3 Å². The van der Waals surface area contributed by atoms with E-state index in [9.17, 15) is 9.90 Å². The molecule has 1 saturated carbocycles. The number of rotatable bonds is 2. The van der Waals surface area contributed by atoms with Crippen LogP contribution in [0.1, 0.15) is 55.3 Å². The Morgan fingerprint density at radius 1 is 1.16 bits per heavy atom. The molecule has 1 aliphatic rings. The van der Waals surface area contributed by atoms with Crippen molar-refractivity contribution in [1.29, 1.82) is 0 Å². The molecule has 1 aliphatic carbocycles. The summed E-state index contributed by atoms with van der Waals surface area (Å²) in [4.78, 5) is 12.2. The van der Waals surface area contributed by atoms with Crippen LogP contribution in [0, 0.1) is 0 Å². The molecule has 104 valence electrons. The smallest absolute Gasteiger partial charge is 0.253 e. The lowest BCUT2D eigenvalue weighted by Crippen LogP contribution is -2.35. The first-order valence-corrected chi connectivity index (χ1v) is 7.34. The van der Waals surface area contributed by atoms with Crippen molar-refractivity contribution in [3.63, 3.8) is 0 Å². The molecule has 2 N–H and O–H groups in total. The number of hydrogen-bond acceptors (Lipinski definition) is 2. The Bertz CT molecular complexity index is 440. The number of aromatic hydroxyl groups is 1. The molecule has 3 nitrogen and oxygen atoms in total. The normalized spacial score (nSPS) is 17.5. The van der Waals surface area contributed by atoms with Gasteiger partial charge in [-0.3, -0.25) is 4.79 Å². The van der Waals surface area contributed by atoms with E-state index in [1.54, 1.807) is 6.07 Å². The quantitative estimate of drug-likeness (QED) is 0.864. The van der Waals surface area contributed by atoms with Gasteiger partial charge in [0.25, 0.3) is 5.91 Å². The number of phenolic OH excluding ortho intramolecular Hbond substituents is 1. The first kappa shape index (κ1) is 14.2. The number of phenols is 1. The minimum atomic E-state index is -0.188. The molecule has 0 heterocycles. The predicted molar refractivity (Wildman–Crippen MR) is 76.7 cm³/mol. The molecule has 2 rings (SSSR count). The highest BCUT2D eigenvalue weighted by Crippen LogP contribution is 2.22. The van der Waals surface area contributed by atoms with Crippen molar-refractivity contribution in [3.8, 4) is 5.75 Å². The Hall–Kier alpha value is -1.22. The predicted octanol–water partition coefficient (Wildman–Crippen LogP) is 3.89. The van der Waals surface area contributed by atoms with Crippen molar-refractivity contribution in [2.75, 3.05) is 0 Å². The maximum Gasteiger partial charge on any atom is 0.253 e. The molecule has 1 amide bonds. The minimum Gasteiger partial charge on any atom is -0.508 e. The average molecular weight is 282 g/mol. The van der Waals surface area contributed by atoms with Gasteiger partial charge in [-0.15, -0.1) is 0 Å². The van der Waals surface area contributed by atoms with Gasteiger partial charge in [0.2, 0.25) is 0 Å². The zero-order valence-electron chi connectivity index (χ0n) is 11.0. The molecular formula is C15H20ClNO2. The van der Waals surface area contributed by atoms with Gasteiger partial charge in [0.1, 0.15) is 5.75 Å². The van der Waals surface area contributed by atoms with Gasteiger partial charge in [0.15, 0.2) is 0 Å². The second kappa shape index (κ2) is 6.80. The molecule has 0 bridgehead atoms. The summed E-state index contributed by atoms with van der Waals surface area (Å²) in [5.41, 5.74) is 0.351. The zero-order valence-corrected chi connectivity index (χ0v) is 11.7. The number of amides is 1. The lowest BCUT2D eigenvalue weighted by atomic mass is 9.96. The van der Waals surface area contributed by atoms with Crippen LogP contribution >= 0.6 is 11.6 Å². The second-order valence-electron chi connectivity index (χ2n) is 5.18. The molecule has 4 heteroatoms. The van der Waals surface area contributed by atoms with Crippen LogP contribution in [0.15, 0.2) is 18.2 Å². The van der Waals surface area contributed by atoms with Crippen LogP contribution in [-0.2, 0) is 0 Å². The average Bonchev–Trinajstić information content (AvgIpc) is 2.35. The van der Waals surface area contributed by atoms with Gasteiger partial charge in [0, 0.05) is 6.04 Å². The van der Waals surface area contributed by atoms with Gasteiger partial charge in [-0.25, -0.2) is 0 Å². The summed E-state index contributed by atoms with van der Waals surface area (Å²) >= 11 is 6.00. The zero-order chi connectivity index (χ0) is 13.7. The Morgan fingerprint density at radius 3 is 2.47 bits per heavy atom. The third kappa shape index (κ3) is 4.13. The van der Waals surface area contributed by atoms with E-state index in [1.165, 1.54) is 44.2 Å². The summed E-state index contributed by atoms with van der Waals surface area (Å²) in [5.74, 6) is -0.126. The first-order valence-electron chi connectivity index (χ1n) is 6.96. The third-order valence-electron chi connectivity index (χ3n) is 3.63. The summed E-state index contributed by atoms with van der Waals surface area (Å²) in [6, 6.07) is 4.67. The number of carbonyl (C=O) groups is 1. The van der Waals surface area contributed by atoms with Crippen LogP contribution < -0.4 is 5.32 Å². The number of halogens is 1. The van der Waals surface area contributed by atoms with E-state index in [1.807, 2.05) is 0 Å². The molecule has 0 aromatic heterocycles. The summed E-state index contributed by atoms with van der Waals surface area (Å²) in [6.45, 7) is 0. The van der Waals surface area contributed by atoms with E-state index in [4.69, 9.17) is 11.6 Å². The van der Waals surface area contributed by atoms with Gasteiger partial charge in [-0.05, 0) is 31.0 Å². The van der Waals surface area contributed by atoms with E-state index in [0.717, 1.165) is 12.8 Å². The fraction of sp³-hybridized carbons (Fsp3) is 0.533. The fourth-order valence-corrected chi connectivity index (χ4v) is 2.75. The van der Waals surface area contributed by atoms with E-state index in [0.29, 0.717) is 10.6 Å². The van der Waals surface area contributed by atoms with Gasteiger partial charge in [-0.1, -0.05) is 43.7 Å². The second-order valence-corrected chi connectivity index (χ2v) is 5.59. The van der Waals surface area contributed by atoms with Crippen LogP contribution in [0.2, 0.25) is 5.02 Å². The maximum absolute atomic E-state index is 12.2. The Balaban J connectivity index is 2.00. The monoisotopic (exact) mass is 281 g/mol. The third-order valence-corrected chi connectivity index (χ3v) is 3.96. The number of carbonyl (C=O) groups excluding carboxylic acids is 1. The highest BCUT2D eigenvalue weighted by atomic mass is 35.5. The molecule has 1 aromatic rings. The first-order chi connectivity index (χ1) is 9.16. The number of hydrogen-bond donors (Lipinski definition) is 2. The van der Waals surface area contributed by atoms with Crippen molar-refractivity contribution in [2.24, 2.45) is 0 Å². The van der Waals surface area contributed by atoms with E-state index >= 15 is 0 Å². The van der Waals surface area contributed by atoms with Crippen molar-refractivity contribution in [3.05, 3.63) is 28.8 Å². The molecule has 1 fully saturated rings. The van der Waals surface area contributed by atoms with Crippen molar-refractivity contribution in [2.45, 2.75) is 51.0 Å². The molecular weight excluding hydrogens is 262 g/mol. The SMILES string of the molecule is O=C(NC1CCCCCCC1)c1cc(O)ccc1Cl. The largest absolute Gasteiger partial charge is 0.508 e. The molecule has 0 radical (unpaired) electrons. The molecule has 0 aliphatic heterocycles. The van der Waals surface area contributed by atoms with Crippen molar-refractivity contribution >= 4 is 17.5 Å². The van der Waals surface area contributed by atoms with Crippen molar-refractivity contribution < 1.29 is 9.90 Å². The maximum atomic E-state index is 12.2. The number of nitrogens with one attached hydrogen (secondary N) is 1. The number of benzene rings is 1. The van der Waals surface area contributed by atoms with Gasteiger partial charge in [0.05, 0.1) is 10.6 Å². The molecule has 0 saturated heterocycles. The van der Waals surface area contributed by atoms with Crippen LogP contribution in [0.3, 0.4) is 0 Å². The van der Waals surface area contributed by atoms with Crippen LogP contribution in [-0.4, -0.2) is 17.1 Å². The molecule has 0 unspecified atom stereocenters. The Labute approximate surface area is 119 Å². The van der Waals surface area contributed by atoms with E-state index < -0.39 is 0 Å². The highest BCUT2D eigenvalue weighted by molar-refractivity contribution is 6.33. The Morgan fingerprint density at radius 2 is 1.79 bits per heavy atom. The summed E-state index contributed by atoms with van der Waals surface area (Å²) in [6.07, 6.45) is 8.19. The summed E-state index contributed by atoms with van der Waals surface area (Å²) in [5, 5.41) is 12.8. The standard InChI is InChI=1S/C15H20ClNO2/c16-14-9-8-12(18)10-13(14)15(19)17-11-6-4-2-1-3-5-7-11/h8-11,18H,1-7H2,(H,17,19). The minimum absolute atomic E-state index is 0.0622. The highest BCUT2D eigenvalue weighted by Gasteiger charge is 2.17. The lowest BCUT2D eigenvalue weighted by molar-refractivity contribution is 0.0930. The van der Waals surface area contributed by atoms with Crippen LogP contribution in [0.25, 0.3) is 0 Å². The Kier molecular flexibility index (Phi) is 5.08. The van der Waals surface area contributed by atoms with Crippen molar-refractivity contribution in [1.82, 2.24) is 5.32 Å². The molecule has 19 heavy (non-hydrogen) atoms. The lowest BCUT2D eigenvalue weighted by Gasteiger charge is -2.21. The van der Waals surface area contributed by atoms with Crippen LogP contribution in [0.5, 0.6) is 5.75 Å². The molecule has 0 atom stereocenters. The summed E-state index contributed by atoms with van der Waals surface area (Å²) < 4.78 is 0. The summed E-state index contributed by atoms with van der Waals surface area (Å²) in [7, 11) is 0. The van der Waals surface area contributed by atoms with Gasteiger partial charge >= 0.3 is 0 Å². The van der Waals surface area contributed by atoms with E-state index in [-0.39, 0.29) is 17.7 Å². The van der Waals surface area contributed by atoms with Gasteiger partial charge in [-0.2, -0.15) is 0 Å². The fourth-order valence-electron chi connectivity index (χ4n) is 2.55. The van der Waals surface area contributed by atoms with Crippen LogP contribution in [0.4, 0.5) is 0 Å². The van der Waals surface area contributed by atoms with E-state index in [2.05, 4.69) is 5.32 Å².